The van der Waals surface area contributed by atoms with Crippen LogP contribution in [0.5, 0.6) is 0 Å². The number of unbranched alkanes of at least 4 members (excludes halogenated alkanes) is 14. The topological polar surface area (TPSA) is 117 Å². The van der Waals surface area contributed by atoms with E-state index in [-0.39, 0.29) is 38.8 Å². The van der Waals surface area contributed by atoms with Crippen molar-refractivity contribution in [2.45, 2.75) is 187 Å². The highest BCUT2D eigenvalue weighted by Crippen LogP contribution is 2.43. The molecule has 0 amide bonds. The molecule has 0 aromatic heterocycles. The summed E-state index contributed by atoms with van der Waals surface area (Å²) in [5, 5.41) is 0. The van der Waals surface area contributed by atoms with E-state index in [0.717, 1.165) is 109 Å². The average Bonchev–Trinajstić information content (AvgIpc) is 3.26. The van der Waals surface area contributed by atoms with Crippen molar-refractivity contribution < 1.29 is 32.8 Å². The van der Waals surface area contributed by atoms with Crippen LogP contribution in [0.15, 0.2) is 109 Å². The summed E-state index contributed by atoms with van der Waals surface area (Å²) in [5.74, 6) is -0.362. The Balaban J connectivity index is 4.10. The van der Waals surface area contributed by atoms with Gasteiger partial charge in [-0.2, -0.15) is 0 Å². The summed E-state index contributed by atoms with van der Waals surface area (Å²) in [6, 6.07) is 0. The van der Waals surface area contributed by atoms with Crippen LogP contribution >= 0.6 is 7.82 Å². The third-order valence-corrected chi connectivity index (χ3v) is 10.7. The van der Waals surface area contributed by atoms with Crippen molar-refractivity contribution in [1.29, 1.82) is 0 Å². The maximum Gasteiger partial charge on any atom is 0.472 e. The van der Waals surface area contributed by atoms with Gasteiger partial charge in [-0.25, -0.2) is 4.57 Å². The van der Waals surface area contributed by atoms with E-state index in [4.69, 9.17) is 24.3 Å². The molecule has 2 atom stereocenters. The Kier molecular flexibility index (Phi) is 46.9. The van der Waals surface area contributed by atoms with Gasteiger partial charge in [0.25, 0.3) is 0 Å². The Morgan fingerprint density at radius 3 is 1.35 bits per heavy atom. The summed E-state index contributed by atoms with van der Waals surface area (Å²) in [6.45, 7) is 4.70. The standard InChI is InChI=1S/C53H90NO7P/c1-3-5-7-9-11-13-15-17-19-21-23-25-26-27-28-30-32-34-36-38-40-42-44-46-53(55)61-52(51-60-62(56,57)59-49-47-54)50-58-48-45-43-41-39-37-35-33-31-29-24-22-20-18-16-14-12-10-8-6-4-2/h5,7,11-14,17-20,23-25,27-29,32,34,52H,3-4,6,8-10,15-16,21-22,26,30-31,33,35-51,54H2,1-2H3,(H,56,57)/b7-5-,13-11-,14-12-,19-17-,20-18-,25-23-,28-27-,29-24-,34-32-. The van der Waals surface area contributed by atoms with Crippen molar-refractivity contribution in [3.63, 3.8) is 0 Å². The van der Waals surface area contributed by atoms with Gasteiger partial charge in [-0.3, -0.25) is 13.8 Å². The van der Waals surface area contributed by atoms with Gasteiger partial charge in [-0.05, 0) is 103 Å². The number of ether oxygens (including phenoxy) is 2. The normalized spacial score (nSPS) is 14.3. The highest BCUT2D eigenvalue weighted by atomic mass is 31.2. The zero-order chi connectivity index (χ0) is 45.1. The minimum absolute atomic E-state index is 0.0874. The molecule has 0 aliphatic carbocycles. The van der Waals surface area contributed by atoms with Crippen LogP contribution in [0.25, 0.3) is 0 Å². The summed E-state index contributed by atoms with van der Waals surface area (Å²) in [4.78, 5) is 22.6. The predicted molar refractivity (Wildman–Crippen MR) is 265 cm³/mol. The van der Waals surface area contributed by atoms with Crippen LogP contribution in [0.1, 0.15) is 181 Å². The van der Waals surface area contributed by atoms with E-state index in [9.17, 15) is 14.3 Å². The molecule has 0 aliphatic rings. The monoisotopic (exact) mass is 884 g/mol. The number of phosphoric ester groups is 1. The highest BCUT2D eigenvalue weighted by Gasteiger charge is 2.25. The number of carbonyl (C=O) groups is 1. The van der Waals surface area contributed by atoms with Gasteiger partial charge in [0.1, 0.15) is 6.10 Å². The SMILES string of the molecule is CC/C=C\C/C=C\C/C=C\C/C=C\C/C=C\C/C=C\CCCCCCC(=O)OC(COCCCCCCCCC/C=C\C/C=C\C/C=C\CCCCC)COP(=O)(O)OCCN. The van der Waals surface area contributed by atoms with E-state index in [1.54, 1.807) is 0 Å². The van der Waals surface area contributed by atoms with Gasteiger partial charge in [-0.15, -0.1) is 0 Å². The summed E-state index contributed by atoms with van der Waals surface area (Å²) in [5.41, 5.74) is 5.38. The largest absolute Gasteiger partial charge is 0.472 e. The lowest BCUT2D eigenvalue weighted by Crippen LogP contribution is -2.28. The Morgan fingerprint density at radius 1 is 0.500 bits per heavy atom. The summed E-state index contributed by atoms with van der Waals surface area (Å²) in [6.07, 6.45) is 66.8. The molecule has 0 rings (SSSR count). The minimum Gasteiger partial charge on any atom is -0.457 e. The zero-order valence-corrected chi connectivity index (χ0v) is 40.2. The lowest BCUT2D eigenvalue weighted by Gasteiger charge is -2.20. The van der Waals surface area contributed by atoms with Crippen LogP contribution in [-0.2, 0) is 27.9 Å². The van der Waals surface area contributed by atoms with Crippen LogP contribution < -0.4 is 5.73 Å². The second kappa shape index (κ2) is 49.2. The predicted octanol–water partition coefficient (Wildman–Crippen LogP) is 15.2. The molecule has 62 heavy (non-hydrogen) atoms. The number of hydrogen-bond donors (Lipinski definition) is 2. The highest BCUT2D eigenvalue weighted by molar-refractivity contribution is 7.47. The van der Waals surface area contributed by atoms with Crippen LogP contribution in [-0.4, -0.2) is 49.9 Å². The Morgan fingerprint density at radius 2 is 0.903 bits per heavy atom. The van der Waals surface area contributed by atoms with Gasteiger partial charge >= 0.3 is 13.8 Å². The number of allylic oxidation sites excluding steroid dienone is 18. The van der Waals surface area contributed by atoms with E-state index in [1.165, 1.54) is 51.4 Å². The van der Waals surface area contributed by atoms with Gasteiger partial charge in [0.05, 0.1) is 19.8 Å². The molecule has 0 heterocycles. The molecule has 0 radical (unpaired) electrons. The molecule has 9 heteroatoms. The number of esters is 1. The lowest BCUT2D eigenvalue weighted by molar-refractivity contribution is -0.154. The molecular weight excluding hydrogens is 794 g/mol. The van der Waals surface area contributed by atoms with Crippen LogP contribution in [0.4, 0.5) is 0 Å². The number of rotatable bonds is 45. The fourth-order valence-corrected chi connectivity index (χ4v) is 6.89. The van der Waals surface area contributed by atoms with Gasteiger partial charge in [0, 0.05) is 19.6 Å². The van der Waals surface area contributed by atoms with E-state index >= 15 is 0 Å². The first-order valence-electron chi connectivity index (χ1n) is 24.4. The number of phosphoric acid groups is 1. The van der Waals surface area contributed by atoms with Crippen molar-refractivity contribution >= 4 is 13.8 Å². The molecule has 2 unspecified atom stereocenters. The van der Waals surface area contributed by atoms with Crippen molar-refractivity contribution in [2.24, 2.45) is 5.73 Å². The average molecular weight is 884 g/mol. The molecule has 0 bridgehead atoms. The third-order valence-electron chi connectivity index (χ3n) is 9.67. The first-order valence-corrected chi connectivity index (χ1v) is 25.9. The summed E-state index contributed by atoms with van der Waals surface area (Å²) < 4.78 is 33.5. The molecule has 8 nitrogen and oxygen atoms in total. The second-order valence-electron chi connectivity index (χ2n) is 15.6. The maximum atomic E-state index is 12.6. The van der Waals surface area contributed by atoms with E-state index in [0.29, 0.717) is 6.61 Å². The lowest BCUT2D eigenvalue weighted by atomic mass is 10.1. The van der Waals surface area contributed by atoms with Crippen molar-refractivity contribution in [3.05, 3.63) is 109 Å². The summed E-state index contributed by atoms with van der Waals surface area (Å²) in [7, 11) is -4.30. The molecule has 0 spiro atoms. The molecule has 0 saturated carbocycles. The summed E-state index contributed by atoms with van der Waals surface area (Å²) >= 11 is 0. The van der Waals surface area contributed by atoms with Crippen LogP contribution in [0, 0.1) is 0 Å². The number of nitrogens with two attached hydrogens (primary N) is 1. The van der Waals surface area contributed by atoms with E-state index < -0.39 is 13.9 Å². The quantitative estimate of drug-likeness (QED) is 0.0269. The van der Waals surface area contributed by atoms with Crippen molar-refractivity contribution in [2.75, 3.05) is 33.0 Å². The third kappa shape index (κ3) is 48.2. The van der Waals surface area contributed by atoms with Gasteiger partial charge in [-0.1, -0.05) is 181 Å². The van der Waals surface area contributed by atoms with Gasteiger partial charge < -0.3 is 20.1 Å². The van der Waals surface area contributed by atoms with Gasteiger partial charge in [0.15, 0.2) is 0 Å². The first-order chi connectivity index (χ1) is 30.4. The molecule has 0 fully saturated rings. The molecule has 0 aliphatic heterocycles. The molecule has 0 saturated heterocycles. The van der Waals surface area contributed by atoms with E-state index in [2.05, 4.69) is 123 Å². The maximum absolute atomic E-state index is 12.6. The smallest absolute Gasteiger partial charge is 0.457 e. The van der Waals surface area contributed by atoms with Crippen molar-refractivity contribution in [3.8, 4) is 0 Å². The molecule has 3 N–H and O–H groups in total. The minimum atomic E-state index is -4.30. The zero-order valence-electron chi connectivity index (χ0n) is 39.3. The molecule has 0 aromatic rings. The number of hydrogen-bond acceptors (Lipinski definition) is 7. The van der Waals surface area contributed by atoms with Crippen LogP contribution in [0.2, 0.25) is 0 Å². The number of carbonyl (C=O) groups excluding carboxylic acids is 1. The molecular formula is C53H90NO7P. The Labute approximate surface area is 380 Å². The molecule has 0 aromatic carbocycles. The van der Waals surface area contributed by atoms with Crippen LogP contribution in [0.3, 0.4) is 0 Å². The first kappa shape index (κ1) is 59.2. The second-order valence-corrected chi connectivity index (χ2v) is 17.0. The van der Waals surface area contributed by atoms with E-state index in [1.807, 2.05) is 0 Å². The Hall–Kier alpha value is -2.84. The fraction of sp³-hybridized carbons (Fsp3) is 0.642. The fourth-order valence-electron chi connectivity index (χ4n) is 6.12. The van der Waals surface area contributed by atoms with Crippen molar-refractivity contribution in [1.82, 2.24) is 0 Å². The molecule has 354 valence electrons. The Bertz CT molecular complexity index is 1310. The van der Waals surface area contributed by atoms with Gasteiger partial charge in [0.2, 0.25) is 0 Å².